The molecule has 0 aromatic carbocycles. The third-order valence-electron chi connectivity index (χ3n) is 1.34. The van der Waals surface area contributed by atoms with Gasteiger partial charge in [-0.3, -0.25) is 9.35 Å². The second kappa shape index (κ2) is 5.23. The van der Waals surface area contributed by atoms with Gasteiger partial charge in [0.15, 0.2) is 0 Å². The minimum Gasteiger partial charge on any atom is -0.324 e. The number of rotatable bonds is 6. The topological polar surface area (TPSA) is 97.5 Å². The lowest BCUT2D eigenvalue weighted by molar-refractivity contribution is -0.117. The Morgan fingerprint density at radius 3 is 2.33 bits per heavy atom. The lowest BCUT2D eigenvalue weighted by Crippen LogP contribution is -2.13. The van der Waals surface area contributed by atoms with Crippen molar-refractivity contribution in [1.82, 2.24) is 0 Å². The summed E-state index contributed by atoms with van der Waals surface area (Å²) in [4.78, 5) is 10.6. The first-order chi connectivity index (χ1) is 5.45. The van der Waals surface area contributed by atoms with Crippen LogP contribution in [-0.4, -0.2) is 31.1 Å². The monoisotopic (exact) mass is 195 g/mol. The molecule has 0 aliphatic rings. The summed E-state index contributed by atoms with van der Waals surface area (Å²) in [6.45, 7) is -0.00806. The minimum atomic E-state index is -3.87. The third-order valence-corrected chi connectivity index (χ3v) is 2.14. The molecule has 0 fully saturated rings. The number of ketones is 1. The highest BCUT2D eigenvalue weighted by Gasteiger charge is 2.04. The van der Waals surface area contributed by atoms with E-state index in [1.807, 2.05) is 0 Å². The molecule has 3 N–H and O–H groups in total. The number of carbonyl (C=O) groups is 1. The summed E-state index contributed by atoms with van der Waals surface area (Å²) in [6.07, 6.45) is 1.03. The van der Waals surface area contributed by atoms with Gasteiger partial charge in [-0.1, -0.05) is 0 Å². The molecule has 72 valence electrons. The maximum atomic E-state index is 10.6. The molecule has 0 rings (SSSR count). The number of hydrogen-bond donors (Lipinski definition) is 2. The van der Waals surface area contributed by atoms with Gasteiger partial charge in [-0.15, -0.1) is 0 Å². The van der Waals surface area contributed by atoms with Gasteiger partial charge in [-0.2, -0.15) is 8.42 Å². The molecule has 5 nitrogen and oxygen atoms in total. The SMILES string of the molecule is NCC(=O)CCCCS(=O)(=O)O. The first kappa shape index (κ1) is 11.5. The van der Waals surface area contributed by atoms with Gasteiger partial charge in [0.05, 0.1) is 12.3 Å². The summed E-state index contributed by atoms with van der Waals surface area (Å²) in [5.41, 5.74) is 5.02. The molecule has 0 bridgehead atoms. The van der Waals surface area contributed by atoms with Crippen molar-refractivity contribution in [2.45, 2.75) is 19.3 Å². The van der Waals surface area contributed by atoms with Crippen LogP contribution in [0.4, 0.5) is 0 Å². The zero-order chi connectivity index (χ0) is 9.61. The van der Waals surface area contributed by atoms with Gasteiger partial charge in [-0.25, -0.2) is 0 Å². The normalized spacial score (nSPS) is 11.5. The van der Waals surface area contributed by atoms with Crippen LogP contribution in [-0.2, 0) is 14.9 Å². The molecule has 0 spiro atoms. The number of unbranched alkanes of at least 4 members (excludes halogenated alkanes) is 1. The maximum Gasteiger partial charge on any atom is 0.264 e. The van der Waals surface area contributed by atoms with Crippen LogP contribution in [0.15, 0.2) is 0 Å². The Bertz CT molecular complexity index is 234. The average molecular weight is 195 g/mol. The van der Waals surface area contributed by atoms with Crippen molar-refractivity contribution in [3.63, 3.8) is 0 Å². The van der Waals surface area contributed by atoms with Crippen LogP contribution in [0.3, 0.4) is 0 Å². The van der Waals surface area contributed by atoms with Crippen molar-refractivity contribution in [3.8, 4) is 0 Å². The van der Waals surface area contributed by atoms with Crippen LogP contribution >= 0.6 is 0 Å². The number of carbonyl (C=O) groups excluding carboxylic acids is 1. The fourth-order valence-electron chi connectivity index (χ4n) is 0.709. The van der Waals surface area contributed by atoms with Crippen LogP contribution in [0.5, 0.6) is 0 Å². The molecule has 0 saturated heterocycles. The van der Waals surface area contributed by atoms with E-state index in [9.17, 15) is 13.2 Å². The quantitative estimate of drug-likeness (QED) is 0.443. The molecule has 0 aromatic rings. The highest BCUT2D eigenvalue weighted by Crippen LogP contribution is 1.98. The van der Waals surface area contributed by atoms with Gasteiger partial charge in [0.2, 0.25) is 0 Å². The average Bonchev–Trinajstić information content (AvgIpc) is 1.96. The van der Waals surface area contributed by atoms with Crippen molar-refractivity contribution < 1.29 is 17.8 Å². The Kier molecular flexibility index (Phi) is 5.03. The summed E-state index contributed by atoms with van der Waals surface area (Å²) in [5, 5.41) is 0. The van der Waals surface area contributed by atoms with Gasteiger partial charge >= 0.3 is 0 Å². The van der Waals surface area contributed by atoms with Crippen LogP contribution < -0.4 is 5.73 Å². The Morgan fingerprint density at radius 1 is 1.33 bits per heavy atom. The number of nitrogens with two attached hydrogens (primary N) is 1. The van der Waals surface area contributed by atoms with E-state index >= 15 is 0 Å². The summed E-state index contributed by atoms with van der Waals surface area (Å²) < 4.78 is 28.7. The van der Waals surface area contributed by atoms with Gasteiger partial charge in [-0.05, 0) is 12.8 Å². The Hall–Kier alpha value is -0.460. The highest BCUT2D eigenvalue weighted by molar-refractivity contribution is 7.85. The summed E-state index contributed by atoms with van der Waals surface area (Å²) >= 11 is 0. The van der Waals surface area contributed by atoms with Gasteiger partial charge in [0.25, 0.3) is 10.1 Å². The largest absolute Gasteiger partial charge is 0.324 e. The van der Waals surface area contributed by atoms with Crippen molar-refractivity contribution >= 4 is 15.9 Å². The number of hydrogen-bond acceptors (Lipinski definition) is 4. The van der Waals surface area contributed by atoms with E-state index in [-0.39, 0.29) is 24.5 Å². The Balaban J connectivity index is 3.40. The van der Waals surface area contributed by atoms with Gasteiger partial charge < -0.3 is 5.73 Å². The zero-order valence-electron chi connectivity index (χ0n) is 6.69. The van der Waals surface area contributed by atoms with Crippen molar-refractivity contribution in [3.05, 3.63) is 0 Å². The second-order valence-corrected chi connectivity index (χ2v) is 4.06. The molecule has 0 amide bonds. The molecule has 0 aliphatic heterocycles. The van der Waals surface area contributed by atoms with E-state index in [2.05, 4.69) is 0 Å². The molecule has 0 saturated carbocycles. The Morgan fingerprint density at radius 2 is 1.92 bits per heavy atom. The van der Waals surface area contributed by atoms with Gasteiger partial charge in [0, 0.05) is 6.42 Å². The van der Waals surface area contributed by atoms with Gasteiger partial charge in [0.1, 0.15) is 5.78 Å². The smallest absolute Gasteiger partial charge is 0.264 e. The predicted molar refractivity (Wildman–Crippen MR) is 44.3 cm³/mol. The van der Waals surface area contributed by atoms with Crippen molar-refractivity contribution in [2.24, 2.45) is 5.73 Å². The fraction of sp³-hybridized carbons (Fsp3) is 0.833. The highest BCUT2D eigenvalue weighted by atomic mass is 32.2. The maximum absolute atomic E-state index is 10.6. The van der Waals surface area contributed by atoms with Crippen LogP contribution in [0, 0.1) is 0 Å². The van der Waals surface area contributed by atoms with E-state index in [1.54, 1.807) is 0 Å². The molecule has 0 heterocycles. The van der Waals surface area contributed by atoms with Crippen LogP contribution in [0.25, 0.3) is 0 Å². The van der Waals surface area contributed by atoms with Crippen LogP contribution in [0.1, 0.15) is 19.3 Å². The molecule has 0 unspecified atom stereocenters. The van der Waals surface area contributed by atoms with E-state index in [1.165, 1.54) is 0 Å². The molecule has 0 radical (unpaired) electrons. The fourth-order valence-corrected chi connectivity index (χ4v) is 1.28. The minimum absolute atomic E-state index is 0.00806. The molecule has 0 aromatic heterocycles. The van der Waals surface area contributed by atoms with E-state index in [0.717, 1.165) is 0 Å². The lowest BCUT2D eigenvalue weighted by atomic mass is 10.2. The zero-order valence-corrected chi connectivity index (χ0v) is 7.51. The molecular weight excluding hydrogens is 182 g/mol. The molecule has 0 atom stereocenters. The first-order valence-corrected chi connectivity index (χ1v) is 5.23. The lowest BCUT2D eigenvalue weighted by Gasteiger charge is -1.96. The molecule has 12 heavy (non-hydrogen) atoms. The standard InChI is InChI=1S/C6H13NO4S/c7-5-6(8)3-1-2-4-12(9,10)11/h1-5,7H2,(H,9,10,11). The first-order valence-electron chi connectivity index (χ1n) is 3.62. The third kappa shape index (κ3) is 7.64. The molecular formula is C6H13NO4S. The second-order valence-electron chi connectivity index (χ2n) is 2.49. The van der Waals surface area contributed by atoms with Crippen molar-refractivity contribution in [1.29, 1.82) is 0 Å². The number of Topliss-reactive ketones (excluding diaryl/α,β-unsaturated/α-hetero) is 1. The predicted octanol–water partition coefficient (Wildman–Crippen LogP) is -0.428. The molecule has 0 aliphatic carbocycles. The van der Waals surface area contributed by atoms with E-state index in [0.29, 0.717) is 12.8 Å². The van der Waals surface area contributed by atoms with Crippen LogP contribution in [0.2, 0.25) is 0 Å². The Labute approximate surface area is 71.7 Å². The van der Waals surface area contributed by atoms with E-state index < -0.39 is 10.1 Å². The summed E-state index contributed by atoms with van der Waals surface area (Å²) in [5.74, 6) is -0.379. The van der Waals surface area contributed by atoms with E-state index in [4.69, 9.17) is 10.3 Å². The molecule has 6 heteroatoms. The summed E-state index contributed by atoms with van der Waals surface area (Å²) in [7, 11) is -3.87. The van der Waals surface area contributed by atoms with Crippen molar-refractivity contribution in [2.75, 3.05) is 12.3 Å². The summed E-state index contributed by atoms with van der Waals surface area (Å²) in [6, 6.07) is 0.